The lowest BCUT2D eigenvalue weighted by Crippen LogP contribution is -2.35. The monoisotopic (exact) mass is 323 g/mol. The average molecular weight is 323 g/mol. The van der Waals surface area contributed by atoms with E-state index in [2.05, 4.69) is 73.8 Å². The molecule has 1 fully saturated rings. The molecule has 128 valence electrons. The summed E-state index contributed by atoms with van der Waals surface area (Å²) in [6.45, 7) is 6.49. The summed E-state index contributed by atoms with van der Waals surface area (Å²) in [6, 6.07) is 19.9. The van der Waals surface area contributed by atoms with Crippen molar-refractivity contribution in [3.8, 4) is 5.75 Å². The van der Waals surface area contributed by atoms with E-state index in [1.807, 2.05) is 0 Å². The lowest BCUT2D eigenvalue weighted by Gasteiger charge is -2.26. The highest BCUT2D eigenvalue weighted by molar-refractivity contribution is 5.39. The molecular formula is C22H29NO. The second-order valence-electron chi connectivity index (χ2n) is 7.30. The van der Waals surface area contributed by atoms with E-state index >= 15 is 0 Å². The van der Waals surface area contributed by atoms with E-state index in [9.17, 15) is 0 Å². The topological polar surface area (TPSA) is 21.3 Å². The summed E-state index contributed by atoms with van der Waals surface area (Å²) >= 11 is 0. The Morgan fingerprint density at radius 2 is 1.67 bits per heavy atom. The zero-order chi connectivity index (χ0) is 16.8. The highest BCUT2D eigenvalue weighted by atomic mass is 16.5. The molecular weight excluding hydrogens is 294 g/mol. The number of benzene rings is 2. The summed E-state index contributed by atoms with van der Waals surface area (Å²) in [5, 5.41) is 3.57. The Morgan fingerprint density at radius 1 is 0.958 bits per heavy atom. The Balaban J connectivity index is 1.57. The molecule has 2 aromatic carbocycles. The van der Waals surface area contributed by atoms with Crippen molar-refractivity contribution in [2.45, 2.75) is 51.0 Å². The molecule has 3 rings (SSSR count). The Kier molecular flexibility index (Phi) is 5.57. The minimum atomic E-state index is 0.00576. The number of piperidine rings is 1. The molecule has 1 heterocycles. The lowest BCUT2D eigenvalue weighted by molar-refractivity contribution is 0.268. The van der Waals surface area contributed by atoms with Gasteiger partial charge in [-0.05, 0) is 49.1 Å². The van der Waals surface area contributed by atoms with Crippen LogP contribution in [0.5, 0.6) is 5.75 Å². The summed E-state index contributed by atoms with van der Waals surface area (Å²) in [5.41, 5.74) is 2.66. The maximum absolute atomic E-state index is 5.94. The maximum atomic E-state index is 5.94. The van der Waals surface area contributed by atoms with Crippen LogP contribution < -0.4 is 10.1 Å². The van der Waals surface area contributed by atoms with Crippen LogP contribution in [0.15, 0.2) is 54.6 Å². The highest BCUT2D eigenvalue weighted by Crippen LogP contribution is 2.32. The molecule has 0 aliphatic carbocycles. The fraction of sp³-hybridized carbons (Fsp3) is 0.455. The number of ether oxygens (including phenoxy) is 1. The zero-order valence-corrected chi connectivity index (χ0v) is 14.9. The Bertz CT molecular complexity index is 612. The third-order valence-corrected chi connectivity index (χ3v) is 5.22. The third-order valence-electron chi connectivity index (χ3n) is 5.22. The fourth-order valence-electron chi connectivity index (χ4n) is 3.48. The first-order valence-electron chi connectivity index (χ1n) is 9.18. The smallest absolute Gasteiger partial charge is 0.119 e. The van der Waals surface area contributed by atoms with Crippen molar-refractivity contribution < 1.29 is 4.74 Å². The molecule has 2 heteroatoms. The van der Waals surface area contributed by atoms with Gasteiger partial charge >= 0.3 is 0 Å². The Labute approximate surface area is 146 Å². The maximum Gasteiger partial charge on any atom is 0.119 e. The van der Waals surface area contributed by atoms with Crippen molar-refractivity contribution >= 4 is 0 Å². The first-order chi connectivity index (χ1) is 11.7. The second kappa shape index (κ2) is 7.85. The zero-order valence-electron chi connectivity index (χ0n) is 14.9. The molecule has 1 N–H and O–H groups in total. The van der Waals surface area contributed by atoms with Crippen molar-refractivity contribution in [3.63, 3.8) is 0 Å². The van der Waals surface area contributed by atoms with E-state index in [1.54, 1.807) is 0 Å². The molecule has 1 aliphatic heterocycles. The number of nitrogens with one attached hydrogen (secondary N) is 1. The van der Waals surface area contributed by atoms with E-state index < -0.39 is 0 Å². The average Bonchev–Trinajstić information content (AvgIpc) is 2.64. The van der Waals surface area contributed by atoms with Gasteiger partial charge in [0, 0.05) is 11.5 Å². The van der Waals surface area contributed by atoms with Crippen LogP contribution in [-0.4, -0.2) is 19.2 Å². The van der Waals surface area contributed by atoms with Crippen LogP contribution in [-0.2, 0) is 5.41 Å². The predicted molar refractivity (Wildman–Crippen MR) is 101 cm³/mol. The first-order valence-corrected chi connectivity index (χ1v) is 9.18. The molecule has 0 amide bonds. The van der Waals surface area contributed by atoms with Gasteiger partial charge in [0.05, 0.1) is 6.61 Å². The molecule has 0 aromatic heterocycles. The molecule has 2 aromatic rings. The van der Waals surface area contributed by atoms with E-state index in [1.165, 1.54) is 30.4 Å². The van der Waals surface area contributed by atoms with Gasteiger partial charge in [-0.3, -0.25) is 0 Å². The molecule has 0 bridgehead atoms. The van der Waals surface area contributed by atoms with Gasteiger partial charge in [-0.2, -0.15) is 0 Å². The van der Waals surface area contributed by atoms with Gasteiger partial charge in [-0.25, -0.2) is 0 Å². The second-order valence-corrected chi connectivity index (χ2v) is 7.30. The molecule has 24 heavy (non-hydrogen) atoms. The van der Waals surface area contributed by atoms with Crippen LogP contribution in [0, 0.1) is 0 Å². The minimum absolute atomic E-state index is 0.00576. The standard InChI is InChI=1S/C22H29NO/c1-22(2,18-8-4-3-5-9-18)19-11-13-21(14-12-19)24-17-15-20-10-6-7-16-23-20/h3-5,8-9,11-14,20,23H,6-7,10,15-17H2,1-2H3. The van der Waals surface area contributed by atoms with Crippen LogP contribution in [0.4, 0.5) is 0 Å². The van der Waals surface area contributed by atoms with Gasteiger partial charge in [0.1, 0.15) is 5.75 Å². The van der Waals surface area contributed by atoms with Crippen LogP contribution in [0.1, 0.15) is 50.7 Å². The van der Waals surface area contributed by atoms with Crippen LogP contribution in [0.25, 0.3) is 0 Å². The highest BCUT2D eigenvalue weighted by Gasteiger charge is 2.22. The number of rotatable bonds is 6. The third kappa shape index (κ3) is 4.18. The lowest BCUT2D eigenvalue weighted by atomic mass is 9.78. The molecule has 1 saturated heterocycles. The molecule has 0 spiro atoms. The van der Waals surface area contributed by atoms with Gasteiger partial charge in [0.2, 0.25) is 0 Å². The van der Waals surface area contributed by atoms with Gasteiger partial charge < -0.3 is 10.1 Å². The summed E-state index contributed by atoms with van der Waals surface area (Å²) in [5.74, 6) is 0.971. The van der Waals surface area contributed by atoms with Gasteiger partial charge in [-0.1, -0.05) is 62.7 Å². The molecule has 2 nitrogen and oxygen atoms in total. The quantitative estimate of drug-likeness (QED) is 0.814. The van der Waals surface area contributed by atoms with Crippen LogP contribution >= 0.6 is 0 Å². The van der Waals surface area contributed by atoms with Crippen molar-refractivity contribution in [1.82, 2.24) is 5.32 Å². The molecule has 0 saturated carbocycles. The van der Waals surface area contributed by atoms with Crippen molar-refractivity contribution in [2.75, 3.05) is 13.2 Å². The Hall–Kier alpha value is -1.80. The predicted octanol–water partition coefficient (Wildman–Crippen LogP) is 4.92. The van der Waals surface area contributed by atoms with Crippen molar-refractivity contribution in [1.29, 1.82) is 0 Å². The van der Waals surface area contributed by atoms with Crippen molar-refractivity contribution in [2.24, 2.45) is 0 Å². The van der Waals surface area contributed by atoms with E-state index in [0.717, 1.165) is 25.3 Å². The first kappa shape index (κ1) is 17.0. The number of hydrogen-bond acceptors (Lipinski definition) is 2. The Morgan fingerprint density at radius 3 is 2.33 bits per heavy atom. The minimum Gasteiger partial charge on any atom is -0.494 e. The molecule has 0 radical (unpaired) electrons. The van der Waals surface area contributed by atoms with Gasteiger partial charge in [-0.15, -0.1) is 0 Å². The normalized spacial score (nSPS) is 18.3. The summed E-state index contributed by atoms with van der Waals surface area (Å²) in [6.07, 6.45) is 5.04. The van der Waals surface area contributed by atoms with Crippen LogP contribution in [0.2, 0.25) is 0 Å². The summed E-state index contributed by atoms with van der Waals surface area (Å²) < 4.78 is 5.94. The molecule has 1 unspecified atom stereocenters. The fourth-order valence-corrected chi connectivity index (χ4v) is 3.48. The largest absolute Gasteiger partial charge is 0.494 e. The van der Waals surface area contributed by atoms with Gasteiger partial charge in [0.15, 0.2) is 0 Å². The summed E-state index contributed by atoms with van der Waals surface area (Å²) in [7, 11) is 0. The van der Waals surface area contributed by atoms with E-state index in [0.29, 0.717) is 6.04 Å². The van der Waals surface area contributed by atoms with E-state index in [4.69, 9.17) is 4.74 Å². The SMILES string of the molecule is CC(C)(c1ccccc1)c1ccc(OCCC2CCCCN2)cc1. The number of hydrogen-bond donors (Lipinski definition) is 1. The molecule has 1 aliphatic rings. The molecule has 1 atom stereocenters. The van der Waals surface area contributed by atoms with Crippen LogP contribution in [0.3, 0.4) is 0 Å². The van der Waals surface area contributed by atoms with Crippen molar-refractivity contribution in [3.05, 3.63) is 65.7 Å². The van der Waals surface area contributed by atoms with E-state index in [-0.39, 0.29) is 5.41 Å². The van der Waals surface area contributed by atoms with Gasteiger partial charge in [0.25, 0.3) is 0 Å². The summed E-state index contributed by atoms with van der Waals surface area (Å²) in [4.78, 5) is 0.